The van der Waals surface area contributed by atoms with Crippen LogP contribution in [-0.4, -0.2) is 16.0 Å². The summed E-state index contributed by atoms with van der Waals surface area (Å²) in [5, 5.41) is 26.9. The van der Waals surface area contributed by atoms with Crippen LogP contribution in [0.25, 0.3) is 0 Å². The first kappa shape index (κ1) is 14.0. The summed E-state index contributed by atoms with van der Waals surface area (Å²) in [7, 11) is 0. The molecule has 0 unspecified atom stereocenters. The van der Waals surface area contributed by atoms with E-state index in [1.165, 1.54) is 29.5 Å². The average Bonchev–Trinajstić information content (AvgIpc) is 2.81. The standard InChI is InChI=1S/C13H12N2O4S/c1-8-6-20-7-9(8)5-14-12-10(13(16)17)3-2-4-11(12)15(18)19/h2-4,6-7,14H,5H2,1H3,(H,16,17). The fraction of sp³-hybridized carbons (Fsp3) is 0.154. The van der Waals surface area contributed by atoms with Gasteiger partial charge in [-0.05, 0) is 34.9 Å². The van der Waals surface area contributed by atoms with E-state index < -0.39 is 10.9 Å². The van der Waals surface area contributed by atoms with Crippen LogP contribution in [0.1, 0.15) is 21.5 Å². The van der Waals surface area contributed by atoms with Crippen molar-refractivity contribution < 1.29 is 14.8 Å². The number of rotatable bonds is 5. The fourth-order valence-electron chi connectivity index (χ4n) is 1.81. The third kappa shape index (κ3) is 2.77. The molecule has 2 N–H and O–H groups in total. The van der Waals surface area contributed by atoms with E-state index in [1.54, 1.807) is 0 Å². The molecule has 2 aromatic rings. The second-order valence-corrected chi connectivity index (χ2v) is 4.94. The van der Waals surface area contributed by atoms with E-state index in [-0.39, 0.29) is 16.9 Å². The quantitative estimate of drug-likeness (QED) is 0.651. The number of nitrogens with zero attached hydrogens (tertiary/aromatic N) is 1. The number of aryl methyl sites for hydroxylation is 1. The maximum Gasteiger partial charge on any atom is 0.338 e. The molecular formula is C13H12N2O4S. The molecule has 7 heteroatoms. The molecule has 0 radical (unpaired) electrons. The largest absolute Gasteiger partial charge is 0.478 e. The molecule has 0 saturated carbocycles. The van der Waals surface area contributed by atoms with Gasteiger partial charge in [0.1, 0.15) is 5.69 Å². The van der Waals surface area contributed by atoms with Crippen LogP contribution in [0.2, 0.25) is 0 Å². The lowest BCUT2D eigenvalue weighted by Crippen LogP contribution is -2.09. The number of nitro groups is 1. The van der Waals surface area contributed by atoms with Gasteiger partial charge in [-0.2, -0.15) is 11.3 Å². The molecule has 0 aliphatic carbocycles. The maximum atomic E-state index is 11.2. The number of carboxylic acid groups (broad SMARTS) is 1. The predicted octanol–water partition coefficient (Wildman–Crippen LogP) is 3.28. The molecule has 0 bridgehead atoms. The SMILES string of the molecule is Cc1cscc1CNc1c(C(=O)O)cccc1[N+](=O)[O-]. The molecule has 1 heterocycles. The van der Waals surface area contributed by atoms with Crippen LogP contribution in [0, 0.1) is 17.0 Å². The lowest BCUT2D eigenvalue weighted by atomic mass is 10.1. The molecule has 20 heavy (non-hydrogen) atoms. The highest BCUT2D eigenvalue weighted by molar-refractivity contribution is 7.08. The minimum absolute atomic E-state index is 0.0376. The minimum Gasteiger partial charge on any atom is -0.478 e. The summed E-state index contributed by atoms with van der Waals surface area (Å²) in [4.78, 5) is 21.6. The number of nitrogens with one attached hydrogen (secondary N) is 1. The Morgan fingerprint density at radius 3 is 2.75 bits per heavy atom. The Kier molecular flexibility index (Phi) is 3.99. The third-order valence-electron chi connectivity index (χ3n) is 2.89. The second-order valence-electron chi connectivity index (χ2n) is 4.20. The summed E-state index contributed by atoms with van der Waals surface area (Å²) in [6.07, 6.45) is 0. The first-order valence-electron chi connectivity index (χ1n) is 5.77. The van der Waals surface area contributed by atoms with Crippen LogP contribution >= 0.6 is 11.3 Å². The van der Waals surface area contributed by atoms with Crippen LogP contribution in [0.5, 0.6) is 0 Å². The van der Waals surface area contributed by atoms with Gasteiger partial charge in [-0.1, -0.05) is 6.07 Å². The van der Waals surface area contributed by atoms with E-state index in [1.807, 2.05) is 17.7 Å². The molecule has 0 aliphatic rings. The van der Waals surface area contributed by atoms with Crippen molar-refractivity contribution in [1.82, 2.24) is 0 Å². The minimum atomic E-state index is -1.20. The smallest absolute Gasteiger partial charge is 0.338 e. The summed E-state index contributed by atoms with van der Waals surface area (Å²) in [5.41, 5.74) is 1.75. The Labute approximate surface area is 118 Å². The molecule has 1 aromatic heterocycles. The van der Waals surface area contributed by atoms with Crippen molar-refractivity contribution in [2.75, 3.05) is 5.32 Å². The number of hydrogen-bond acceptors (Lipinski definition) is 5. The number of carbonyl (C=O) groups is 1. The zero-order chi connectivity index (χ0) is 14.7. The van der Waals surface area contributed by atoms with Crippen LogP contribution in [0.15, 0.2) is 29.0 Å². The van der Waals surface area contributed by atoms with Crippen molar-refractivity contribution >= 4 is 28.7 Å². The van der Waals surface area contributed by atoms with Gasteiger partial charge in [-0.25, -0.2) is 4.79 Å². The fourth-order valence-corrected chi connectivity index (χ4v) is 2.66. The zero-order valence-corrected chi connectivity index (χ0v) is 11.4. The topological polar surface area (TPSA) is 92.5 Å². The van der Waals surface area contributed by atoms with E-state index in [4.69, 9.17) is 5.11 Å². The lowest BCUT2D eigenvalue weighted by Gasteiger charge is -2.10. The number of carboxylic acids is 1. The second kappa shape index (κ2) is 5.70. The van der Waals surface area contributed by atoms with Gasteiger partial charge in [0.15, 0.2) is 0 Å². The highest BCUT2D eigenvalue weighted by Crippen LogP contribution is 2.29. The molecule has 2 rings (SSSR count). The van der Waals surface area contributed by atoms with Crippen molar-refractivity contribution in [3.05, 3.63) is 55.8 Å². The number of aromatic carboxylic acids is 1. The van der Waals surface area contributed by atoms with Crippen LogP contribution < -0.4 is 5.32 Å². The molecule has 104 valence electrons. The van der Waals surface area contributed by atoms with E-state index in [0.717, 1.165) is 11.1 Å². The molecular weight excluding hydrogens is 280 g/mol. The van der Waals surface area contributed by atoms with E-state index >= 15 is 0 Å². The predicted molar refractivity (Wildman–Crippen MR) is 76.4 cm³/mol. The number of para-hydroxylation sites is 1. The van der Waals surface area contributed by atoms with Gasteiger partial charge >= 0.3 is 5.97 Å². The highest BCUT2D eigenvalue weighted by atomic mass is 32.1. The molecule has 6 nitrogen and oxygen atoms in total. The van der Waals surface area contributed by atoms with Crippen LogP contribution in [-0.2, 0) is 6.54 Å². The Balaban J connectivity index is 2.36. The highest BCUT2D eigenvalue weighted by Gasteiger charge is 2.21. The normalized spacial score (nSPS) is 10.2. The lowest BCUT2D eigenvalue weighted by molar-refractivity contribution is -0.384. The Hall–Kier alpha value is -2.41. The summed E-state index contributed by atoms with van der Waals surface area (Å²) < 4.78 is 0. The van der Waals surface area contributed by atoms with Gasteiger partial charge in [0.05, 0.1) is 10.5 Å². The summed E-state index contributed by atoms with van der Waals surface area (Å²) >= 11 is 1.53. The zero-order valence-electron chi connectivity index (χ0n) is 10.6. The van der Waals surface area contributed by atoms with Gasteiger partial charge in [-0.15, -0.1) is 0 Å². The van der Waals surface area contributed by atoms with E-state index in [9.17, 15) is 14.9 Å². The van der Waals surface area contributed by atoms with Gasteiger partial charge in [-0.3, -0.25) is 10.1 Å². The average molecular weight is 292 g/mol. The van der Waals surface area contributed by atoms with Gasteiger partial charge in [0.2, 0.25) is 0 Å². The third-order valence-corrected chi connectivity index (χ3v) is 3.80. The Bertz CT molecular complexity index is 634. The number of thiophene rings is 1. The summed E-state index contributed by atoms with van der Waals surface area (Å²) in [5.74, 6) is -1.20. The van der Waals surface area contributed by atoms with Crippen LogP contribution in [0.4, 0.5) is 11.4 Å². The van der Waals surface area contributed by atoms with Crippen molar-refractivity contribution in [2.24, 2.45) is 0 Å². The van der Waals surface area contributed by atoms with Crippen molar-refractivity contribution in [3.8, 4) is 0 Å². The molecule has 0 fully saturated rings. The molecule has 0 spiro atoms. The molecule has 1 aromatic carbocycles. The number of nitro benzene ring substituents is 1. The van der Waals surface area contributed by atoms with E-state index in [2.05, 4.69) is 5.32 Å². The maximum absolute atomic E-state index is 11.2. The van der Waals surface area contributed by atoms with Crippen LogP contribution in [0.3, 0.4) is 0 Å². The number of benzene rings is 1. The molecule has 0 aliphatic heterocycles. The van der Waals surface area contributed by atoms with Gasteiger partial charge < -0.3 is 10.4 Å². The van der Waals surface area contributed by atoms with Gasteiger partial charge in [0.25, 0.3) is 5.69 Å². The Morgan fingerprint density at radius 1 is 1.45 bits per heavy atom. The Morgan fingerprint density at radius 2 is 2.20 bits per heavy atom. The number of hydrogen-bond donors (Lipinski definition) is 2. The molecule has 0 saturated heterocycles. The van der Waals surface area contributed by atoms with Crippen molar-refractivity contribution in [3.63, 3.8) is 0 Å². The van der Waals surface area contributed by atoms with E-state index in [0.29, 0.717) is 6.54 Å². The van der Waals surface area contributed by atoms with Crippen molar-refractivity contribution in [1.29, 1.82) is 0 Å². The summed E-state index contributed by atoms with van der Waals surface area (Å²) in [6, 6.07) is 4.00. The first-order valence-corrected chi connectivity index (χ1v) is 6.71. The number of anilines is 1. The summed E-state index contributed by atoms with van der Waals surface area (Å²) in [6.45, 7) is 2.28. The monoisotopic (exact) mass is 292 g/mol. The molecule has 0 amide bonds. The van der Waals surface area contributed by atoms with Gasteiger partial charge in [0, 0.05) is 12.6 Å². The first-order chi connectivity index (χ1) is 9.50. The van der Waals surface area contributed by atoms with Crippen molar-refractivity contribution in [2.45, 2.75) is 13.5 Å². The molecule has 0 atom stereocenters.